The highest BCUT2D eigenvalue weighted by Gasteiger charge is 2.39. The summed E-state index contributed by atoms with van der Waals surface area (Å²) in [6.45, 7) is 2.89. The molecule has 4 rings (SSSR count). The van der Waals surface area contributed by atoms with E-state index in [1.165, 1.54) is 0 Å². The minimum Gasteiger partial charge on any atom is -0.383 e. The maximum absolute atomic E-state index is 13.3. The number of aliphatic hydroxyl groups excluding tert-OH is 1. The van der Waals surface area contributed by atoms with E-state index in [0.717, 1.165) is 12.3 Å². The third-order valence-corrected chi connectivity index (χ3v) is 6.62. The van der Waals surface area contributed by atoms with Gasteiger partial charge in [-0.2, -0.15) is 31.4 Å². The Morgan fingerprint density at radius 2 is 2.02 bits per heavy atom. The molecule has 0 radical (unpaired) electrons. The number of H-pyrrole nitrogens is 1. The molecule has 3 atom stereocenters. The van der Waals surface area contributed by atoms with Crippen LogP contribution in [0.25, 0.3) is 0 Å². The van der Waals surface area contributed by atoms with Crippen molar-refractivity contribution in [1.82, 2.24) is 20.1 Å². The van der Waals surface area contributed by atoms with Crippen molar-refractivity contribution in [2.75, 3.05) is 55.4 Å². The second kappa shape index (κ2) is 11.8. The van der Waals surface area contributed by atoms with Crippen LogP contribution in [0.5, 0.6) is 0 Å². The fourth-order valence-electron chi connectivity index (χ4n) is 4.74. The van der Waals surface area contributed by atoms with Gasteiger partial charge < -0.3 is 30.5 Å². The lowest BCUT2D eigenvalue weighted by molar-refractivity contribution is -0.138. The highest BCUT2D eigenvalue weighted by molar-refractivity contribution is 5.58. The third-order valence-electron chi connectivity index (χ3n) is 6.62. The summed E-state index contributed by atoms with van der Waals surface area (Å²) in [6, 6.07) is 0.0698. The molecule has 1 saturated heterocycles. The lowest BCUT2D eigenvalue weighted by Gasteiger charge is -2.43. The molecule has 0 amide bonds. The molecule has 0 spiro atoms. The SMILES string of the molecule is C[C@@H](COCCC(O)N1CCN2c3nc(N)c(C(F)(F)F)cc3COC[C@H]2C1)Nc1cn[nH]c(=O)c1C(F)(F)F. The molecular formula is C23H29F6N7O4. The number of alkyl halides is 6. The maximum Gasteiger partial charge on any atom is 0.423 e. The Morgan fingerprint density at radius 1 is 1.27 bits per heavy atom. The number of halogens is 6. The number of nitrogens with zero attached hydrogens (tertiary/aromatic N) is 4. The van der Waals surface area contributed by atoms with E-state index in [4.69, 9.17) is 15.2 Å². The summed E-state index contributed by atoms with van der Waals surface area (Å²) >= 11 is 0. The van der Waals surface area contributed by atoms with Gasteiger partial charge in [0, 0.05) is 37.7 Å². The molecule has 5 N–H and O–H groups in total. The summed E-state index contributed by atoms with van der Waals surface area (Å²) in [5.41, 5.74) is 1.67. The molecule has 11 nitrogen and oxygen atoms in total. The van der Waals surface area contributed by atoms with E-state index in [1.807, 2.05) is 4.90 Å². The number of fused-ring (bicyclic) bond motifs is 3. The molecular weight excluding hydrogens is 552 g/mol. The van der Waals surface area contributed by atoms with Crippen molar-refractivity contribution < 1.29 is 40.9 Å². The van der Waals surface area contributed by atoms with E-state index in [0.29, 0.717) is 25.5 Å². The Bertz CT molecular complexity index is 1240. The fraction of sp³-hybridized carbons (Fsp3) is 0.609. The quantitative estimate of drug-likeness (QED) is 0.270. The molecule has 1 unspecified atom stereocenters. The largest absolute Gasteiger partial charge is 0.423 e. The number of aliphatic hydroxyl groups is 1. The average molecular weight is 582 g/mol. The number of rotatable bonds is 8. The molecule has 40 heavy (non-hydrogen) atoms. The van der Waals surface area contributed by atoms with Gasteiger partial charge in [-0.25, -0.2) is 10.1 Å². The lowest BCUT2D eigenvalue weighted by Crippen LogP contribution is -2.57. The number of piperazine rings is 1. The Balaban J connectivity index is 1.28. The van der Waals surface area contributed by atoms with Crippen LogP contribution in [0.2, 0.25) is 0 Å². The van der Waals surface area contributed by atoms with Crippen molar-refractivity contribution in [2.45, 2.75) is 50.6 Å². The maximum atomic E-state index is 13.3. The van der Waals surface area contributed by atoms with Gasteiger partial charge in [0.1, 0.15) is 23.4 Å². The summed E-state index contributed by atoms with van der Waals surface area (Å²) in [7, 11) is 0. The number of aromatic nitrogens is 3. The van der Waals surface area contributed by atoms with E-state index in [2.05, 4.69) is 15.4 Å². The second-order valence-corrected chi connectivity index (χ2v) is 9.63. The third kappa shape index (κ3) is 6.76. The molecule has 0 aromatic carbocycles. The molecule has 17 heteroatoms. The number of anilines is 3. The van der Waals surface area contributed by atoms with Crippen LogP contribution in [0.3, 0.4) is 0 Å². The molecule has 0 saturated carbocycles. The van der Waals surface area contributed by atoms with Gasteiger partial charge in [0.15, 0.2) is 0 Å². The minimum absolute atomic E-state index is 0.00908. The van der Waals surface area contributed by atoms with Gasteiger partial charge in [-0.3, -0.25) is 9.69 Å². The number of nitrogens with one attached hydrogen (secondary N) is 2. The van der Waals surface area contributed by atoms with Crippen molar-refractivity contribution in [1.29, 1.82) is 0 Å². The van der Waals surface area contributed by atoms with Crippen molar-refractivity contribution in [3.05, 3.63) is 39.3 Å². The molecule has 4 heterocycles. The van der Waals surface area contributed by atoms with Crippen molar-refractivity contribution in [2.24, 2.45) is 0 Å². The minimum atomic E-state index is -4.87. The predicted molar refractivity (Wildman–Crippen MR) is 130 cm³/mol. The molecule has 2 aliphatic heterocycles. The summed E-state index contributed by atoms with van der Waals surface area (Å²) in [5.74, 6) is -0.281. The Labute approximate surface area is 224 Å². The first kappa shape index (κ1) is 29.8. The van der Waals surface area contributed by atoms with Gasteiger partial charge in [-0.1, -0.05) is 0 Å². The zero-order valence-corrected chi connectivity index (χ0v) is 21.3. The monoisotopic (exact) mass is 581 g/mol. The number of hydrogen-bond acceptors (Lipinski definition) is 10. The highest BCUT2D eigenvalue weighted by Crippen LogP contribution is 2.37. The van der Waals surface area contributed by atoms with Gasteiger partial charge in [-0.15, -0.1) is 0 Å². The van der Waals surface area contributed by atoms with E-state index in [1.54, 1.807) is 16.9 Å². The van der Waals surface area contributed by atoms with Crippen molar-refractivity contribution in [3.63, 3.8) is 0 Å². The van der Waals surface area contributed by atoms with Gasteiger partial charge in [0.2, 0.25) is 0 Å². The zero-order valence-electron chi connectivity index (χ0n) is 21.3. The first-order valence-electron chi connectivity index (χ1n) is 12.4. The predicted octanol–water partition coefficient (Wildman–Crippen LogP) is 2.03. The molecule has 1 fully saturated rings. The molecule has 2 aromatic heterocycles. The van der Waals surface area contributed by atoms with Crippen LogP contribution >= 0.6 is 0 Å². The molecule has 222 valence electrons. The first-order chi connectivity index (χ1) is 18.8. The summed E-state index contributed by atoms with van der Waals surface area (Å²) in [4.78, 5) is 19.2. The summed E-state index contributed by atoms with van der Waals surface area (Å²) < 4.78 is 90.5. The van der Waals surface area contributed by atoms with Crippen LogP contribution in [0.15, 0.2) is 17.1 Å². The lowest BCUT2D eigenvalue weighted by atomic mass is 10.1. The normalized spacial score (nSPS) is 19.9. The van der Waals surface area contributed by atoms with Crippen LogP contribution < -0.4 is 21.5 Å². The number of hydrogen-bond donors (Lipinski definition) is 4. The topological polar surface area (TPSA) is 142 Å². The number of pyridine rings is 1. The van der Waals surface area contributed by atoms with Crippen LogP contribution in [0.4, 0.5) is 43.7 Å². The number of aromatic amines is 1. The van der Waals surface area contributed by atoms with Crippen molar-refractivity contribution >= 4 is 17.3 Å². The van der Waals surface area contributed by atoms with E-state index >= 15 is 0 Å². The van der Waals surface area contributed by atoms with Gasteiger partial charge in [0.25, 0.3) is 5.56 Å². The molecule has 0 aliphatic carbocycles. The number of ether oxygens (including phenoxy) is 2. The van der Waals surface area contributed by atoms with Crippen LogP contribution in [-0.4, -0.2) is 83.0 Å². The van der Waals surface area contributed by atoms with Crippen molar-refractivity contribution in [3.8, 4) is 0 Å². The Hall–Kier alpha value is -3.15. The zero-order chi connectivity index (χ0) is 29.2. The van der Waals surface area contributed by atoms with Crippen LogP contribution in [0, 0.1) is 0 Å². The Morgan fingerprint density at radius 3 is 2.73 bits per heavy atom. The average Bonchev–Trinajstić information content (AvgIpc) is 3.03. The standard InChI is InChI=1S/C23H29F6N7O4/c1-12(32-16-7-31-34-21(38)18(16)23(27,28)29)9-39-5-2-17(37)35-3-4-36-14(8-35)11-40-10-13-6-15(22(24,25)26)19(30)33-20(13)36/h6-7,12,14,17,37H,2-5,8-11H2,1H3,(H2,30,33)(H2,32,34,38)/t12-,14+,17?/m0/s1. The molecule has 2 aliphatic rings. The second-order valence-electron chi connectivity index (χ2n) is 9.63. The van der Waals surface area contributed by atoms with Gasteiger partial charge in [0.05, 0.1) is 49.9 Å². The fourth-order valence-corrected chi connectivity index (χ4v) is 4.74. The number of nitrogens with two attached hydrogens (primary N) is 1. The molecule has 0 bridgehead atoms. The van der Waals surface area contributed by atoms with Crippen LogP contribution in [-0.2, 0) is 28.4 Å². The highest BCUT2D eigenvalue weighted by atomic mass is 19.4. The number of nitrogen functional groups attached to an aromatic ring is 1. The van der Waals surface area contributed by atoms with Gasteiger partial charge >= 0.3 is 12.4 Å². The Kier molecular flexibility index (Phi) is 8.77. The first-order valence-corrected chi connectivity index (χ1v) is 12.4. The summed E-state index contributed by atoms with van der Waals surface area (Å²) in [5, 5.41) is 18.4. The van der Waals surface area contributed by atoms with E-state index in [-0.39, 0.29) is 44.5 Å². The van der Waals surface area contributed by atoms with Crippen LogP contribution in [0.1, 0.15) is 30.0 Å². The van der Waals surface area contributed by atoms with E-state index < -0.39 is 52.8 Å². The smallest absolute Gasteiger partial charge is 0.383 e. The summed E-state index contributed by atoms with van der Waals surface area (Å²) in [6.07, 6.45) is -9.35. The van der Waals surface area contributed by atoms with Gasteiger partial charge in [-0.05, 0) is 13.0 Å². The van der Waals surface area contributed by atoms with E-state index in [9.17, 15) is 36.2 Å². The molecule has 2 aromatic rings.